The predicted molar refractivity (Wildman–Crippen MR) is 71.0 cm³/mol. The van der Waals surface area contributed by atoms with Crippen LogP contribution in [0.1, 0.15) is 45.4 Å². The van der Waals surface area contributed by atoms with Crippen LogP contribution in [-0.2, 0) is 4.74 Å². The Morgan fingerprint density at radius 3 is 2.71 bits per heavy atom. The molecule has 0 spiro atoms. The Morgan fingerprint density at radius 2 is 2.12 bits per heavy atom. The van der Waals surface area contributed by atoms with Gasteiger partial charge in [0.2, 0.25) is 0 Å². The van der Waals surface area contributed by atoms with Crippen molar-refractivity contribution >= 4 is 0 Å². The van der Waals surface area contributed by atoms with E-state index in [9.17, 15) is 0 Å². The molecular formula is C14H28N2O. The summed E-state index contributed by atoms with van der Waals surface area (Å²) in [5, 5.41) is 0. The van der Waals surface area contributed by atoms with Crippen LogP contribution in [0.5, 0.6) is 0 Å². The maximum absolute atomic E-state index is 5.94. The highest BCUT2D eigenvalue weighted by Crippen LogP contribution is 2.36. The van der Waals surface area contributed by atoms with E-state index in [0.717, 1.165) is 19.1 Å². The smallest absolute Gasteiger partial charge is 0.0590 e. The molecule has 1 aliphatic heterocycles. The summed E-state index contributed by atoms with van der Waals surface area (Å²) in [4.78, 5) is 2.56. The second-order valence-corrected chi connectivity index (χ2v) is 5.77. The largest absolute Gasteiger partial charge is 0.378 e. The maximum atomic E-state index is 5.94. The van der Waals surface area contributed by atoms with Gasteiger partial charge in [0.1, 0.15) is 0 Å². The molecule has 3 atom stereocenters. The van der Waals surface area contributed by atoms with Gasteiger partial charge in [-0.15, -0.1) is 0 Å². The van der Waals surface area contributed by atoms with Crippen molar-refractivity contribution in [2.24, 2.45) is 11.7 Å². The summed E-state index contributed by atoms with van der Waals surface area (Å²) in [5.41, 5.74) is 5.94. The lowest BCUT2D eigenvalue weighted by molar-refractivity contribution is -0.0347. The van der Waals surface area contributed by atoms with Crippen LogP contribution < -0.4 is 5.73 Å². The van der Waals surface area contributed by atoms with E-state index in [0.29, 0.717) is 18.2 Å². The van der Waals surface area contributed by atoms with Gasteiger partial charge in [-0.2, -0.15) is 0 Å². The second-order valence-electron chi connectivity index (χ2n) is 5.77. The number of hydrogen-bond donors (Lipinski definition) is 1. The molecule has 1 heterocycles. The van der Waals surface area contributed by atoms with Gasteiger partial charge in [-0.1, -0.05) is 13.3 Å². The molecule has 1 saturated carbocycles. The molecule has 2 aliphatic rings. The maximum Gasteiger partial charge on any atom is 0.0590 e. The summed E-state index contributed by atoms with van der Waals surface area (Å²) in [7, 11) is 2.27. The van der Waals surface area contributed by atoms with Crippen LogP contribution in [0.4, 0.5) is 0 Å². The SMILES string of the molecule is CCCC1CC(N(C)C(CN)C2CC2)CCO1. The van der Waals surface area contributed by atoms with Crippen molar-refractivity contribution < 1.29 is 4.74 Å². The molecule has 3 heteroatoms. The summed E-state index contributed by atoms with van der Waals surface area (Å²) < 4.78 is 5.83. The first kappa shape index (κ1) is 13.3. The van der Waals surface area contributed by atoms with E-state index in [1.165, 1.54) is 38.5 Å². The molecule has 0 aromatic carbocycles. The van der Waals surface area contributed by atoms with Gasteiger partial charge in [0.05, 0.1) is 6.10 Å². The molecule has 1 saturated heterocycles. The Hall–Kier alpha value is -0.120. The molecule has 2 rings (SSSR count). The Balaban J connectivity index is 1.86. The highest BCUT2D eigenvalue weighted by atomic mass is 16.5. The summed E-state index contributed by atoms with van der Waals surface area (Å²) in [6.45, 7) is 3.99. The summed E-state index contributed by atoms with van der Waals surface area (Å²) in [5.74, 6) is 0.873. The lowest BCUT2D eigenvalue weighted by Crippen LogP contribution is -2.49. The van der Waals surface area contributed by atoms with Crippen LogP contribution in [0.25, 0.3) is 0 Å². The molecule has 3 nitrogen and oxygen atoms in total. The van der Waals surface area contributed by atoms with Gasteiger partial charge < -0.3 is 10.5 Å². The number of nitrogens with two attached hydrogens (primary N) is 1. The Kier molecular flexibility index (Phi) is 4.83. The van der Waals surface area contributed by atoms with Crippen molar-refractivity contribution in [1.29, 1.82) is 0 Å². The minimum Gasteiger partial charge on any atom is -0.378 e. The molecule has 2 N–H and O–H groups in total. The molecule has 0 bridgehead atoms. The summed E-state index contributed by atoms with van der Waals surface area (Å²) >= 11 is 0. The van der Waals surface area contributed by atoms with E-state index >= 15 is 0 Å². The summed E-state index contributed by atoms with van der Waals surface area (Å²) in [6.07, 6.45) is 8.07. The van der Waals surface area contributed by atoms with Crippen molar-refractivity contribution in [3.05, 3.63) is 0 Å². The lowest BCUT2D eigenvalue weighted by Gasteiger charge is -2.39. The fourth-order valence-electron chi connectivity index (χ4n) is 3.20. The third-order valence-electron chi connectivity index (χ3n) is 4.46. The van der Waals surface area contributed by atoms with Crippen molar-refractivity contribution in [3.8, 4) is 0 Å². The predicted octanol–water partition coefficient (Wildman–Crippen LogP) is 2.00. The quantitative estimate of drug-likeness (QED) is 0.772. The Labute approximate surface area is 106 Å². The molecule has 2 fully saturated rings. The summed E-state index contributed by atoms with van der Waals surface area (Å²) in [6, 6.07) is 1.30. The molecule has 0 aromatic heterocycles. The van der Waals surface area contributed by atoms with E-state index in [1.807, 2.05) is 0 Å². The molecule has 100 valence electrons. The molecule has 3 unspecified atom stereocenters. The third-order valence-corrected chi connectivity index (χ3v) is 4.46. The number of nitrogens with zero attached hydrogens (tertiary/aromatic N) is 1. The molecule has 1 aliphatic carbocycles. The fourth-order valence-corrected chi connectivity index (χ4v) is 3.20. The number of likely N-dealkylation sites (N-methyl/N-ethyl adjacent to an activating group) is 1. The number of rotatable bonds is 6. The van der Waals surface area contributed by atoms with Gasteiger partial charge in [0, 0.05) is 25.2 Å². The lowest BCUT2D eigenvalue weighted by atomic mass is 9.97. The minimum atomic E-state index is 0.485. The molecule has 0 amide bonds. The van der Waals surface area contributed by atoms with E-state index in [2.05, 4.69) is 18.9 Å². The highest BCUT2D eigenvalue weighted by molar-refractivity contribution is 4.91. The Bertz CT molecular complexity index is 228. The van der Waals surface area contributed by atoms with Crippen molar-refractivity contribution in [1.82, 2.24) is 4.90 Å². The van der Waals surface area contributed by atoms with Crippen LogP contribution >= 0.6 is 0 Å². The van der Waals surface area contributed by atoms with E-state index in [4.69, 9.17) is 10.5 Å². The molecular weight excluding hydrogens is 212 g/mol. The van der Waals surface area contributed by atoms with Crippen LogP contribution in [0.15, 0.2) is 0 Å². The Morgan fingerprint density at radius 1 is 1.35 bits per heavy atom. The minimum absolute atomic E-state index is 0.485. The first-order valence-electron chi connectivity index (χ1n) is 7.29. The highest BCUT2D eigenvalue weighted by Gasteiger charge is 2.36. The van der Waals surface area contributed by atoms with Crippen LogP contribution in [0.2, 0.25) is 0 Å². The van der Waals surface area contributed by atoms with Gasteiger partial charge in [0.25, 0.3) is 0 Å². The monoisotopic (exact) mass is 240 g/mol. The van der Waals surface area contributed by atoms with E-state index in [-0.39, 0.29) is 0 Å². The second kappa shape index (κ2) is 6.17. The normalized spacial score (nSPS) is 31.8. The number of hydrogen-bond acceptors (Lipinski definition) is 3. The van der Waals surface area contributed by atoms with Crippen LogP contribution in [0.3, 0.4) is 0 Å². The van der Waals surface area contributed by atoms with Gasteiger partial charge in [-0.3, -0.25) is 4.90 Å². The third kappa shape index (κ3) is 3.43. The first-order valence-corrected chi connectivity index (χ1v) is 7.29. The zero-order valence-corrected chi connectivity index (χ0v) is 11.4. The molecule has 0 aromatic rings. The molecule has 17 heavy (non-hydrogen) atoms. The van der Waals surface area contributed by atoms with Gasteiger partial charge >= 0.3 is 0 Å². The van der Waals surface area contributed by atoms with Gasteiger partial charge in [-0.25, -0.2) is 0 Å². The molecule has 0 radical (unpaired) electrons. The van der Waals surface area contributed by atoms with Crippen molar-refractivity contribution in [3.63, 3.8) is 0 Å². The zero-order valence-electron chi connectivity index (χ0n) is 11.4. The van der Waals surface area contributed by atoms with Crippen molar-refractivity contribution in [2.45, 2.75) is 63.6 Å². The van der Waals surface area contributed by atoms with Crippen LogP contribution in [-0.4, -0.2) is 43.3 Å². The first-order chi connectivity index (χ1) is 8.26. The van der Waals surface area contributed by atoms with Gasteiger partial charge in [0.15, 0.2) is 0 Å². The van der Waals surface area contributed by atoms with E-state index in [1.54, 1.807) is 0 Å². The zero-order chi connectivity index (χ0) is 12.3. The topological polar surface area (TPSA) is 38.5 Å². The van der Waals surface area contributed by atoms with E-state index < -0.39 is 0 Å². The average molecular weight is 240 g/mol. The van der Waals surface area contributed by atoms with Crippen molar-refractivity contribution in [2.75, 3.05) is 20.2 Å². The number of ether oxygens (including phenoxy) is 1. The fraction of sp³-hybridized carbons (Fsp3) is 1.00. The van der Waals surface area contributed by atoms with Crippen LogP contribution in [0, 0.1) is 5.92 Å². The average Bonchev–Trinajstić information content (AvgIpc) is 3.15. The standard InChI is InChI=1S/C14H28N2O/c1-3-4-13-9-12(7-8-17-13)16(2)14(10-15)11-5-6-11/h11-14H,3-10,15H2,1-2H3. The van der Waals surface area contributed by atoms with Gasteiger partial charge in [-0.05, 0) is 45.1 Å².